The molecule has 2 atom stereocenters. The van der Waals surface area contributed by atoms with E-state index in [1.165, 1.54) is 5.56 Å². The van der Waals surface area contributed by atoms with Gasteiger partial charge in [0.25, 0.3) is 0 Å². The summed E-state index contributed by atoms with van der Waals surface area (Å²) in [6, 6.07) is 10.5. The Balaban J connectivity index is 0.000000384. The number of carboxylic acids is 2. The minimum atomic E-state index is -2.27. The summed E-state index contributed by atoms with van der Waals surface area (Å²) in [6.07, 6.45) is -4.53. The fourth-order valence-corrected chi connectivity index (χ4v) is 1.86. The molecule has 0 radical (unpaired) electrons. The molecule has 0 heterocycles. The second-order valence-corrected chi connectivity index (χ2v) is 5.00. The first-order chi connectivity index (χ1) is 9.90. The van der Waals surface area contributed by atoms with Crippen molar-refractivity contribution in [2.24, 2.45) is 5.73 Å². The molecule has 8 heteroatoms. The molecule has 7 nitrogen and oxygen atoms in total. The molecule has 0 saturated carbocycles. The number of benzene rings is 1. The summed E-state index contributed by atoms with van der Waals surface area (Å²) in [6.45, 7) is 0.775. The minimum absolute atomic E-state index is 0.775. The minimum Gasteiger partial charge on any atom is -0.479 e. The number of carboxylic acid groups (broad SMARTS) is 2. The number of aliphatic hydroxyl groups is 2. The number of hydrogen-bond donors (Lipinski definition) is 5. The first-order valence-corrected chi connectivity index (χ1v) is 7.19. The highest BCUT2D eigenvalue weighted by Gasteiger charge is 2.29. The Morgan fingerprint density at radius 3 is 1.90 bits per heavy atom. The van der Waals surface area contributed by atoms with E-state index in [1.54, 1.807) is 0 Å². The molecule has 0 aliphatic heterocycles. The Bertz CT molecular complexity index is 410. The highest BCUT2D eigenvalue weighted by molar-refractivity contribution is 7.98. The molecule has 0 aliphatic carbocycles. The van der Waals surface area contributed by atoms with Gasteiger partial charge in [0.1, 0.15) is 0 Å². The number of hydrogen-bond acceptors (Lipinski definition) is 6. The van der Waals surface area contributed by atoms with Gasteiger partial charge < -0.3 is 26.2 Å². The van der Waals surface area contributed by atoms with Crippen LogP contribution >= 0.6 is 11.8 Å². The van der Waals surface area contributed by atoms with Crippen molar-refractivity contribution in [2.45, 2.75) is 18.0 Å². The predicted molar refractivity (Wildman–Crippen MR) is 78.9 cm³/mol. The van der Waals surface area contributed by atoms with Crippen molar-refractivity contribution in [3.8, 4) is 0 Å². The summed E-state index contributed by atoms with van der Waals surface area (Å²) in [7, 11) is 0. The monoisotopic (exact) mass is 317 g/mol. The highest BCUT2D eigenvalue weighted by Crippen LogP contribution is 2.09. The third-order valence-electron chi connectivity index (χ3n) is 2.18. The molecule has 0 amide bonds. The summed E-state index contributed by atoms with van der Waals surface area (Å²) < 4.78 is 0. The maximum atomic E-state index is 9.77. The zero-order valence-electron chi connectivity index (χ0n) is 11.3. The lowest BCUT2D eigenvalue weighted by atomic mass is 10.2. The number of rotatable bonds is 7. The third kappa shape index (κ3) is 9.03. The second kappa shape index (κ2) is 11.1. The summed E-state index contributed by atoms with van der Waals surface area (Å²) in [5.74, 6) is -1.41. The van der Waals surface area contributed by atoms with Crippen LogP contribution in [0.25, 0.3) is 0 Å². The van der Waals surface area contributed by atoms with Crippen molar-refractivity contribution in [1.29, 1.82) is 0 Å². The molecule has 1 rings (SSSR count). The molecule has 1 aromatic carbocycles. The lowest BCUT2D eigenvalue weighted by molar-refractivity contribution is -0.165. The normalized spacial score (nSPS) is 12.7. The van der Waals surface area contributed by atoms with Gasteiger partial charge >= 0.3 is 11.9 Å². The van der Waals surface area contributed by atoms with Gasteiger partial charge in [0.2, 0.25) is 0 Å². The summed E-state index contributed by atoms with van der Waals surface area (Å²) >= 11 is 1.88. The Kier molecular flexibility index (Phi) is 10.2. The van der Waals surface area contributed by atoms with E-state index < -0.39 is 24.1 Å². The molecular formula is C13H19NO6S. The smallest absolute Gasteiger partial charge is 0.335 e. The van der Waals surface area contributed by atoms with Gasteiger partial charge in [0, 0.05) is 18.1 Å². The van der Waals surface area contributed by atoms with Gasteiger partial charge in [-0.15, -0.1) is 0 Å². The number of carbonyl (C=O) groups is 2. The SMILES string of the molecule is NCCSCc1ccccc1.O=C(O)C(O)C(O)C(=O)O. The fraction of sp³-hybridized carbons (Fsp3) is 0.385. The van der Waals surface area contributed by atoms with Gasteiger partial charge in [-0.3, -0.25) is 0 Å². The molecule has 0 spiro atoms. The highest BCUT2D eigenvalue weighted by atomic mass is 32.2. The van der Waals surface area contributed by atoms with Crippen molar-refractivity contribution >= 4 is 23.7 Å². The van der Waals surface area contributed by atoms with E-state index in [0.717, 1.165) is 18.1 Å². The topological polar surface area (TPSA) is 141 Å². The summed E-state index contributed by atoms with van der Waals surface area (Å²) in [4.78, 5) is 19.5. The van der Waals surface area contributed by atoms with Crippen LogP contribution in [0.1, 0.15) is 5.56 Å². The summed E-state index contributed by atoms with van der Waals surface area (Å²) in [5, 5.41) is 32.5. The van der Waals surface area contributed by atoms with E-state index in [4.69, 9.17) is 26.2 Å². The number of nitrogens with two attached hydrogens (primary N) is 1. The standard InChI is InChI=1S/C9H13NS.C4H6O6/c10-6-7-11-8-9-4-2-1-3-5-9;5-1(3(7)8)2(6)4(9)10/h1-5H,6-8,10H2;1-2,5-6H,(H,7,8)(H,9,10). The van der Waals surface area contributed by atoms with Crippen LogP contribution < -0.4 is 5.73 Å². The molecule has 0 saturated heterocycles. The maximum absolute atomic E-state index is 9.77. The van der Waals surface area contributed by atoms with Crippen LogP contribution in [0.2, 0.25) is 0 Å². The van der Waals surface area contributed by atoms with Crippen molar-refractivity contribution in [3.05, 3.63) is 35.9 Å². The first kappa shape index (κ1) is 19.4. The molecule has 118 valence electrons. The quantitative estimate of drug-likeness (QED) is 0.434. The summed E-state index contributed by atoms with van der Waals surface area (Å²) in [5.41, 5.74) is 6.75. The maximum Gasteiger partial charge on any atom is 0.335 e. The van der Waals surface area contributed by atoms with Crippen molar-refractivity contribution in [2.75, 3.05) is 12.3 Å². The molecule has 0 fully saturated rings. The Labute approximate surface area is 126 Å². The molecular weight excluding hydrogens is 298 g/mol. The lowest BCUT2D eigenvalue weighted by Crippen LogP contribution is -2.39. The fourth-order valence-electron chi connectivity index (χ4n) is 1.12. The zero-order chi connectivity index (χ0) is 16.3. The van der Waals surface area contributed by atoms with E-state index in [0.29, 0.717) is 0 Å². The van der Waals surface area contributed by atoms with E-state index >= 15 is 0 Å². The van der Waals surface area contributed by atoms with Crippen molar-refractivity contribution in [3.63, 3.8) is 0 Å². The van der Waals surface area contributed by atoms with Gasteiger partial charge in [-0.1, -0.05) is 30.3 Å². The molecule has 0 bridgehead atoms. The van der Waals surface area contributed by atoms with Gasteiger partial charge in [-0.05, 0) is 5.56 Å². The third-order valence-corrected chi connectivity index (χ3v) is 3.24. The van der Waals surface area contributed by atoms with E-state index in [-0.39, 0.29) is 0 Å². The molecule has 0 aliphatic rings. The van der Waals surface area contributed by atoms with Crippen LogP contribution in [0.4, 0.5) is 0 Å². The molecule has 6 N–H and O–H groups in total. The van der Waals surface area contributed by atoms with Gasteiger partial charge in [0.05, 0.1) is 0 Å². The average Bonchev–Trinajstić information content (AvgIpc) is 2.47. The van der Waals surface area contributed by atoms with Crippen LogP contribution in [0.15, 0.2) is 30.3 Å². The first-order valence-electron chi connectivity index (χ1n) is 6.03. The van der Waals surface area contributed by atoms with Crippen molar-refractivity contribution < 1.29 is 30.0 Å². The van der Waals surface area contributed by atoms with Crippen LogP contribution in [0.5, 0.6) is 0 Å². The van der Waals surface area contributed by atoms with E-state index in [2.05, 4.69) is 24.3 Å². The van der Waals surface area contributed by atoms with E-state index in [1.807, 2.05) is 17.8 Å². The van der Waals surface area contributed by atoms with Crippen LogP contribution in [0.3, 0.4) is 0 Å². The average molecular weight is 317 g/mol. The molecule has 21 heavy (non-hydrogen) atoms. The van der Waals surface area contributed by atoms with Crippen LogP contribution in [-0.2, 0) is 15.3 Å². The molecule has 0 aromatic heterocycles. The Morgan fingerprint density at radius 2 is 1.52 bits per heavy atom. The zero-order valence-corrected chi connectivity index (χ0v) is 12.1. The lowest BCUT2D eigenvalue weighted by Gasteiger charge is -2.07. The second-order valence-electron chi connectivity index (χ2n) is 3.89. The Hall–Kier alpha value is -1.61. The van der Waals surface area contributed by atoms with Crippen LogP contribution in [0, 0.1) is 0 Å². The van der Waals surface area contributed by atoms with Crippen molar-refractivity contribution in [1.82, 2.24) is 0 Å². The van der Waals surface area contributed by atoms with Gasteiger partial charge in [-0.2, -0.15) is 11.8 Å². The predicted octanol–water partition coefficient (Wildman–Crippen LogP) is -0.244. The van der Waals surface area contributed by atoms with Gasteiger partial charge in [0.15, 0.2) is 12.2 Å². The number of aliphatic carboxylic acids is 2. The number of aliphatic hydroxyl groups excluding tert-OH is 2. The van der Waals surface area contributed by atoms with Crippen LogP contribution in [-0.4, -0.2) is 56.9 Å². The molecule has 2 unspecified atom stereocenters. The van der Waals surface area contributed by atoms with E-state index in [9.17, 15) is 9.59 Å². The molecule has 1 aromatic rings. The Morgan fingerprint density at radius 1 is 1.05 bits per heavy atom. The number of thioether (sulfide) groups is 1. The largest absolute Gasteiger partial charge is 0.479 e. The van der Waals surface area contributed by atoms with Gasteiger partial charge in [-0.25, -0.2) is 9.59 Å².